The molecule has 5 nitrogen and oxygen atoms in total. The zero-order chi connectivity index (χ0) is 13.0. The van der Waals surface area contributed by atoms with Gasteiger partial charge in [0.05, 0.1) is 14.2 Å². The van der Waals surface area contributed by atoms with Gasteiger partial charge in [-0.3, -0.25) is 4.98 Å². The number of hydrogen-bond acceptors (Lipinski definition) is 5. The van der Waals surface area contributed by atoms with Crippen molar-refractivity contribution in [3.63, 3.8) is 0 Å². The predicted octanol–water partition coefficient (Wildman–Crippen LogP) is 2.20. The first-order valence-electron chi connectivity index (χ1n) is 5.51. The Balaban J connectivity index is 2.56. The lowest BCUT2D eigenvalue weighted by atomic mass is 10.1. The lowest BCUT2D eigenvalue weighted by molar-refractivity contribution is 0.395. The number of aromatic nitrogens is 2. The zero-order valence-corrected chi connectivity index (χ0v) is 10.6. The van der Waals surface area contributed by atoms with Gasteiger partial charge in [0.25, 0.3) is 0 Å². The van der Waals surface area contributed by atoms with E-state index in [2.05, 4.69) is 15.3 Å². The van der Waals surface area contributed by atoms with Crippen molar-refractivity contribution in [3.8, 4) is 22.8 Å². The van der Waals surface area contributed by atoms with Crippen LogP contribution in [-0.4, -0.2) is 31.2 Å². The van der Waals surface area contributed by atoms with Crippen molar-refractivity contribution in [2.45, 2.75) is 0 Å². The molecule has 0 fully saturated rings. The first-order valence-corrected chi connectivity index (χ1v) is 5.51. The van der Waals surface area contributed by atoms with E-state index in [9.17, 15) is 0 Å². The van der Waals surface area contributed by atoms with Crippen molar-refractivity contribution in [2.75, 3.05) is 26.6 Å². The number of hydrogen-bond donors (Lipinski definition) is 1. The number of anilines is 1. The second-order valence-electron chi connectivity index (χ2n) is 3.57. The summed E-state index contributed by atoms with van der Waals surface area (Å²) in [6.45, 7) is 0. The summed E-state index contributed by atoms with van der Waals surface area (Å²) in [5.74, 6) is 2.15. The summed E-state index contributed by atoms with van der Waals surface area (Å²) in [5.41, 5.74) is 1.62. The summed E-state index contributed by atoms with van der Waals surface area (Å²) in [4.78, 5) is 8.57. The molecule has 0 saturated heterocycles. The van der Waals surface area contributed by atoms with Crippen molar-refractivity contribution in [1.82, 2.24) is 9.97 Å². The minimum atomic E-state index is 0.700. The van der Waals surface area contributed by atoms with Gasteiger partial charge in [-0.2, -0.15) is 0 Å². The first-order chi connectivity index (χ1) is 8.80. The zero-order valence-electron chi connectivity index (χ0n) is 10.6. The van der Waals surface area contributed by atoms with Crippen molar-refractivity contribution >= 4 is 5.82 Å². The third-order valence-electron chi connectivity index (χ3n) is 2.60. The van der Waals surface area contributed by atoms with Gasteiger partial charge in [0, 0.05) is 31.1 Å². The van der Waals surface area contributed by atoms with Crippen LogP contribution in [0.1, 0.15) is 0 Å². The molecule has 0 spiro atoms. The molecule has 1 N–H and O–H groups in total. The highest BCUT2D eigenvalue weighted by Crippen LogP contribution is 2.34. The Morgan fingerprint density at radius 2 is 1.83 bits per heavy atom. The molecule has 0 radical (unpaired) electrons. The molecule has 2 rings (SSSR count). The number of nitrogens with one attached hydrogen (secondary N) is 1. The predicted molar refractivity (Wildman–Crippen MR) is 70.1 cm³/mol. The fourth-order valence-electron chi connectivity index (χ4n) is 1.71. The van der Waals surface area contributed by atoms with Gasteiger partial charge in [-0.1, -0.05) is 0 Å². The fraction of sp³-hybridized carbons (Fsp3) is 0.231. The third kappa shape index (κ3) is 2.20. The molecule has 0 aliphatic carbocycles. The lowest BCUT2D eigenvalue weighted by Gasteiger charge is -2.12. The van der Waals surface area contributed by atoms with Crippen LogP contribution in [0.4, 0.5) is 5.82 Å². The number of nitrogens with zero attached hydrogens (tertiary/aromatic N) is 2. The van der Waals surface area contributed by atoms with Gasteiger partial charge in [0.15, 0.2) is 5.82 Å². The average molecular weight is 245 g/mol. The Kier molecular flexibility index (Phi) is 3.62. The number of ether oxygens (including phenoxy) is 2. The van der Waals surface area contributed by atoms with E-state index in [1.165, 1.54) is 0 Å². The molecule has 18 heavy (non-hydrogen) atoms. The molecule has 0 atom stereocenters. The second kappa shape index (κ2) is 5.35. The summed E-state index contributed by atoms with van der Waals surface area (Å²) in [5, 5.41) is 3.01. The number of methoxy groups -OCH3 is 2. The van der Waals surface area contributed by atoms with Crippen molar-refractivity contribution in [3.05, 3.63) is 30.6 Å². The van der Waals surface area contributed by atoms with Gasteiger partial charge in [0.1, 0.15) is 17.2 Å². The van der Waals surface area contributed by atoms with E-state index in [0.717, 1.165) is 17.0 Å². The Hall–Kier alpha value is -2.30. The van der Waals surface area contributed by atoms with E-state index >= 15 is 0 Å². The van der Waals surface area contributed by atoms with Crippen LogP contribution in [-0.2, 0) is 0 Å². The topological polar surface area (TPSA) is 56.3 Å². The molecule has 2 aromatic rings. The molecule has 1 aromatic heterocycles. The van der Waals surface area contributed by atoms with Crippen LogP contribution in [0.5, 0.6) is 11.5 Å². The highest BCUT2D eigenvalue weighted by molar-refractivity contribution is 5.76. The van der Waals surface area contributed by atoms with Crippen LogP contribution in [0.3, 0.4) is 0 Å². The molecular weight excluding hydrogens is 230 g/mol. The van der Waals surface area contributed by atoms with Crippen LogP contribution in [0.25, 0.3) is 11.3 Å². The Morgan fingerprint density at radius 3 is 2.50 bits per heavy atom. The van der Waals surface area contributed by atoms with Crippen LogP contribution in [0, 0.1) is 0 Å². The van der Waals surface area contributed by atoms with E-state index < -0.39 is 0 Å². The molecule has 0 unspecified atom stereocenters. The molecule has 0 aliphatic heterocycles. The molecular formula is C13H15N3O2. The lowest BCUT2D eigenvalue weighted by Crippen LogP contribution is -1.99. The quantitative estimate of drug-likeness (QED) is 0.895. The van der Waals surface area contributed by atoms with Gasteiger partial charge < -0.3 is 14.8 Å². The van der Waals surface area contributed by atoms with Crippen molar-refractivity contribution in [1.29, 1.82) is 0 Å². The fourth-order valence-corrected chi connectivity index (χ4v) is 1.71. The Labute approximate surface area is 106 Å². The van der Waals surface area contributed by atoms with Gasteiger partial charge in [0.2, 0.25) is 0 Å². The van der Waals surface area contributed by atoms with Crippen LogP contribution < -0.4 is 14.8 Å². The number of rotatable bonds is 4. The molecule has 5 heteroatoms. The minimum Gasteiger partial charge on any atom is -0.497 e. The van der Waals surface area contributed by atoms with E-state index in [0.29, 0.717) is 11.6 Å². The molecule has 1 aromatic carbocycles. The molecule has 94 valence electrons. The first kappa shape index (κ1) is 12.2. The standard InChI is InChI=1S/C13H15N3O2/c1-14-13-12(15-6-7-16-13)10-5-4-9(17-2)8-11(10)18-3/h4-8H,1-3H3,(H,14,16). The van der Waals surface area contributed by atoms with E-state index in [-0.39, 0.29) is 0 Å². The summed E-state index contributed by atoms with van der Waals surface area (Å²) in [7, 11) is 5.05. The van der Waals surface area contributed by atoms with Crippen LogP contribution >= 0.6 is 0 Å². The van der Waals surface area contributed by atoms with Gasteiger partial charge in [-0.25, -0.2) is 4.98 Å². The summed E-state index contributed by atoms with van der Waals surface area (Å²) in [6, 6.07) is 5.60. The molecule has 0 aliphatic rings. The Bertz CT molecular complexity index is 544. The smallest absolute Gasteiger partial charge is 0.152 e. The van der Waals surface area contributed by atoms with Crippen LogP contribution in [0.15, 0.2) is 30.6 Å². The van der Waals surface area contributed by atoms with Crippen molar-refractivity contribution in [2.24, 2.45) is 0 Å². The summed E-state index contributed by atoms with van der Waals surface area (Å²) >= 11 is 0. The van der Waals surface area contributed by atoms with Crippen LogP contribution in [0.2, 0.25) is 0 Å². The summed E-state index contributed by atoms with van der Waals surface area (Å²) < 4.78 is 10.5. The SMILES string of the molecule is CNc1nccnc1-c1ccc(OC)cc1OC. The molecule has 0 saturated carbocycles. The maximum atomic E-state index is 5.37. The Morgan fingerprint density at radius 1 is 1.06 bits per heavy atom. The number of benzene rings is 1. The minimum absolute atomic E-state index is 0.700. The normalized spacial score (nSPS) is 9.94. The maximum Gasteiger partial charge on any atom is 0.152 e. The van der Waals surface area contributed by atoms with E-state index in [1.54, 1.807) is 26.6 Å². The van der Waals surface area contributed by atoms with Gasteiger partial charge >= 0.3 is 0 Å². The van der Waals surface area contributed by atoms with Gasteiger partial charge in [-0.15, -0.1) is 0 Å². The highest BCUT2D eigenvalue weighted by Gasteiger charge is 2.12. The van der Waals surface area contributed by atoms with Gasteiger partial charge in [-0.05, 0) is 12.1 Å². The van der Waals surface area contributed by atoms with E-state index in [1.807, 2.05) is 25.2 Å². The monoisotopic (exact) mass is 245 g/mol. The average Bonchev–Trinajstić information content (AvgIpc) is 2.46. The highest BCUT2D eigenvalue weighted by atomic mass is 16.5. The second-order valence-corrected chi connectivity index (χ2v) is 3.57. The van der Waals surface area contributed by atoms with Crippen molar-refractivity contribution < 1.29 is 9.47 Å². The summed E-state index contributed by atoms with van der Waals surface area (Å²) in [6.07, 6.45) is 3.30. The largest absolute Gasteiger partial charge is 0.497 e. The third-order valence-corrected chi connectivity index (χ3v) is 2.60. The molecule has 0 bridgehead atoms. The maximum absolute atomic E-state index is 5.37. The molecule has 1 heterocycles. The molecule has 0 amide bonds. The van der Waals surface area contributed by atoms with E-state index in [4.69, 9.17) is 9.47 Å².